The van der Waals surface area contributed by atoms with E-state index >= 15 is 0 Å². The number of Topliss-reactive ketones (excluding diaryl/α,β-unsaturated/α-hetero) is 1. The van der Waals surface area contributed by atoms with E-state index in [2.05, 4.69) is 25.6 Å². The number of phosphoric acid groups is 1. The van der Waals surface area contributed by atoms with E-state index in [1.165, 1.54) is 11.0 Å². The summed E-state index contributed by atoms with van der Waals surface area (Å²) < 4.78 is 25.9. The van der Waals surface area contributed by atoms with Crippen LogP contribution in [0.4, 0.5) is 0 Å². The van der Waals surface area contributed by atoms with Crippen molar-refractivity contribution in [3.8, 4) is 0 Å². The summed E-state index contributed by atoms with van der Waals surface area (Å²) in [4.78, 5) is 88.3. The molecule has 4 amide bonds. The molecule has 2 saturated heterocycles. The number of aromatic nitrogens is 1. The van der Waals surface area contributed by atoms with Crippen LogP contribution in [-0.2, 0) is 63.7 Å². The van der Waals surface area contributed by atoms with Gasteiger partial charge in [-0.3, -0.25) is 28.5 Å². The lowest BCUT2D eigenvalue weighted by Crippen LogP contribution is -2.57. The Kier molecular flexibility index (Phi) is 14.0. The van der Waals surface area contributed by atoms with Crippen molar-refractivity contribution in [2.45, 2.75) is 109 Å². The second kappa shape index (κ2) is 18.5. The van der Waals surface area contributed by atoms with Crippen LogP contribution in [0.2, 0.25) is 0 Å². The molecule has 0 bridgehead atoms. The number of nitrogens with one attached hydrogen (secondary N) is 3. The maximum atomic E-state index is 14.2. The first-order chi connectivity index (χ1) is 26.5. The second-order valence-corrected chi connectivity index (χ2v) is 16.3. The topological polar surface area (TPSA) is 230 Å². The minimum absolute atomic E-state index is 0.0135. The van der Waals surface area contributed by atoms with Crippen LogP contribution in [0, 0.1) is 5.92 Å². The number of benzene rings is 2. The van der Waals surface area contributed by atoms with Crippen LogP contribution in [0.1, 0.15) is 69.5 Å². The first kappa shape index (κ1) is 42.4. The van der Waals surface area contributed by atoms with Crippen LogP contribution < -0.4 is 16.0 Å². The van der Waals surface area contributed by atoms with Gasteiger partial charge in [0.05, 0.1) is 24.8 Å². The zero-order chi connectivity index (χ0) is 40.6. The summed E-state index contributed by atoms with van der Waals surface area (Å²) in [6.45, 7) is 7.12. The van der Waals surface area contributed by atoms with Crippen molar-refractivity contribution in [2.75, 3.05) is 6.61 Å². The Morgan fingerprint density at radius 1 is 1.00 bits per heavy atom. The Morgan fingerprint density at radius 3 is 2.25 bits per heavy atom. The smallest absolute Gasteiger partial charge is 0.361 e. The van der Waals surface area contributed by atoms with Crippen LogP contribution in [0.15, 0.2) is 71.3 Å². The lowest BCUT2D eigenvalue weighted by atomic mass is 9.92. The van der Waals surface area contributed by atoms with Gasteiger partial charge >= 0.3 is 7.82 Å². The molecule has 3 aromatic rings. The van der Waals surface area contributed by atoms with Gasteiger partial charge in [0, 0.05) is 18.5 Å². The van der Waals surface area contributed by atoms with E-state index in [-0.39, 0.29) is 55.4 Å². The number of rotatable bonds is 20. The molecule has 302 valence electrons. The molecule has 0 saturated carbocycles. The molecule has 3 heterocycles. The summed E-state index contributed by atoms with van der Waals surface area (Å²) in [5.74, 6) is -2.27. The van der Waals surface area contributed by atoms with Crippen LogP contribution in [0.3, 0.4) is 0 Å². The maximum Gasteiger partial charge on any atom is 0.470 e. The predicted octanol–water partition coefficient (Wildman–Crippen LogP) is 2.55. The molecule has 2 aromatic carbocycles. The standard InChI is InChI=1S/C39H50N5O11P/c1-24(2)17-31(35(46)39(4)23-53-39)41-37(48)33(19-27-13-9-6-10-14-27)44-25(3)18-32(38(44)49)42-36(47)30(16-15-26-11-7-5-8-12-26)40-34(45)21-28-20-29(55-43-28)22-54-56(50,51)52/h5-14,20,24-25,30-33H,15-19,21-23H2,1-4H3,(H,40,45)(H,41,48)(H,42,47)(H2,50,51,52)/t25?,30-,31-,32-,33-,39?/m0/s1. The maximum absolute atomic E-state index is 14.2. The molecule has 16 nitrogen and oxygen atoms in total. The highest BCUT2D eigenvalue weighted by atomic mass is 31.2. The van der Waals surface area contributed by atoms with Crippen LogP contribution in [-0.4, -0.2) is 91.7 Å². The SMILES string of the molecule is CC(C)C[C@H](NC(=O)[C@H](Cc1ccccc1)N1C(=O)[C@@H](NC(=O)[C@H](CCc2ccccc2)NC(=O)Cc2cc(COP(=O)(O)O)on2)CC1C)C(=O)C1(C)CO1. The fourth-order valence-corrected chi connectivity index (χ4v) is 7.14. The van der Waals surface area contributed by atoms with E-state index in [1.807, 2.05) is 74.5 Å². The Hall–Kier alpha value is -4.73. The van der Waals surface area contributed by atoms with Gasteiger partial charge in [0.2, 0.25) is 23.6 Å². The van der Waals surface area contributed by atoms with Gasteiger partial charge in [-0.2, -0.15) is 0 Å². The summed E-state index contributed by atoms with van der Waals surface area (Å²) in [6, 6.07) is 15.6. The number of amides is 4. The third kappa shape index (κ3) is 11.9. The number of ether oxygens (including phenoxy) is 1. The van der Waals surface area contributed by atoms with Gasteiger partial charge in [-0.15, -0.1) is 0 Å². The van der Waals surface area contributed by atoms with Gasteiger partial charge in [0.15, 0.2) is 11.5 Å². The van der Waals surface area contributed by atoms with E-state index in [1.54, 1.807) is 13.8 Å². The zero-order valence-electron chi connectivity index (χ0n) is 31.9. The molecule has 0 spiro atoms. The van der Waals surface area contributed by atoms with Crippen molar-refractivity contribution in [3.05, 3.63) is 89.3 Å². The van der Waals surface area contributed by atoms with E-state index in [0.717, 1.165) is 11.1 Å². The molecule has 5 N–H and O–H groups in total. The van der Waals surface area contributed by atoms with Gasteiger partial charge < -0.3 is 39.9 Å². The number of hydrogen-bond acceptors (Lipinski definition) is 10. The second-order valence-electron chi connectivity index (χ2n) is 15.0. The van der Waals surface area contributed by atoms with E-state index in [0.29, 0.717) is 12.8 Å². The first-order valence-corrected chi connectivity index (χ1v) is 20.2. The summed E-state index contributed by atoms with van der Waals surface area (Å²) in [7, 11) is -4.76. The minimum atomic E-state index is -4.76. The fourth-order valence-electron chi connectivity index (χ4n) is 6.84. The fraction of sp³-hybridized carbons (Fsp3) is 0.487. The van der Waals surface area contributed by atoms with Crippen molar-refractivity contribution in [3.63, 3.8) is 0 Å². The van der Waals surface area contributed by atoms with Crippen molar-refractivity contribution >= 4 is 37.2 Å². The number of aryl methyl sites for hydroxylation is 1. The van der Waals surface area contributed by atoms with E-state index < -0.39 is 73.9 Å². The van der Waals surface area contributed by atoms with Gasteiger partial charge in [-0.25, -0.2) is 4.57 Å². The molecule has 2 aliphatic rings. The highest BCUT2D eigenvalue weighted by Gasteiger charge is 2.51. The van der Waals surface area contributed by atoms with Crippen molar-refractivity contribution in [1.29, 1.82) is 0 Å². The average molecular weight is 796 g/mol. The molecular weight excluding hydrogens is 745 g/mol. The molecule has 1 aromatic heterocycles. The molecule has 2 unspecified atom stereocenters. The molecule has 2 aliphatic heterocycles. The van der Waals surface area contributed by atoms with Crippen molar-refractivity contribution in [1.82, 2.24) is 26.0 Å². The number of phosphoric ester groups is 1. The molecule has 2 fully saturated rings. The number of carbonyl (C=O) groups is 5. The Labute approximate surface area is 325 Å². The van der Waals surface area contributed by atoms with Gasteiger partial charge in [-0.05, 0) is 56.6 Å². The van der Waals surface area contributed by atoms with Crippen LogP contribution in [0.5, 0.6) is 0 Å². The van der Waals surface area contributed by atoms with Crippen LogP contribution in [0.25, 0.3) is 0 Å². The summed E-state index contributed by atoms with van der Waals surface area (Å²) in [5, 5.41) is 12.3. The summed E-state index contributed by atoms with van der Waals surface area (Å²) in [6.07, 6.45) is 1.06. The molecule has 5 rings (SSSR count). The van der Waals surface area contributed by atoms with Crippen molar-refractivity contribution < 1.29 is 52.1 Å². The largest absolute Gasteiger partial charge is 0.470 e. The lowest BCUT2D eigenvalue weighted by molar-refractivity contribution is -0.142. The highest BCUT2D eigenvalue weighted by molar-refractivity contribution is 7.46. The number of nitrogens with zero attached hydrogens (tertiary/aromatic N) is 2. The van der Waals surface area contributed by atoms with E-state index in [4.69, 9.17) is 19.0 Å². The van der Waals surface area contributed by atoms with Crippen molar-refractivity contribution in [2.24, 2.45) is 5.92 Å². The number of hydrogen-bond donors (Lipinski definition) is 5. The minimum Gasteiger partial charge on any atom is -0.361 e. The molecule has 17 heteroatoms. The summed E-state index contributed by atoms with van der Waals surface area (Å²) in [5.41, 5.74) is 0.917. The predicted molar refractivity (Wildman–Crippen MR) is 201 cm³/mol. The highest BCUT2D eigenvalue weighted by Crippen LogP contribution is 2.37. The molecule has 0 radical (unpaired) electrons. The number of epoxide rings is 1. The Bertz CT molecular complexity index is 1900. The lowest BCUT2D eigenvalue weighted by Gasteiger charge is -2.33. The molecule has 6 atom stereocenters. The third-order valence-electron chi connectivity index (χ3n) is 9.81. The van der Waals surface area contributed by atoms with Gasteiger partial charge in [-0.1, -0.05) is 79.7 Å². The third-order valence-corrected chi connectivity index (χ3v) is 10.3. The number of likely N-dealkylation sites (tertiary alicyclic amines) is 1. The van der Waals surface area contributed by atoms with Gasteiger partial charge in [0.25, 0.3) is 0 Å². The van der Waals surface area contributed by atoms with Crippen LogP contribution >= 0.6 is 7.82 Å². The normalized spacial score (nSPS) is 21.0. The number of ketones is 1. The van der Waals surface area contributed by atoms with Gasteiger partial charge in [0.1, 0.15) is 30.3 Å². The summed E-state index contributed by atoms with van der Waals surface area (Å²) >= 11 is 0. The number of carbonyl (C=O) groups excluding carboxylic acids is 5. The monoisotopic (exact) mass is 795 g/mol. The van der Waals surface area contributed by atoms with E-state index in [9.17, 15) is 28.5 Å². The molecule has 56 heavy (non-hydrogen) atoms. The Morgan fingerprint density at radius 2 is 1.64 bits per heavy atom. The zero-order valence-corrected chi connectivity index (χ0v) is 32.8. The molecular formula is C39H50N5O11P. The average Bonchev–Trinajstić information content (AvgIpc) is 3.64. The Balaban J connectivity index is 1.31. The quantitative estimate of drug-likeness (QED) is 0.0821. The first-order valence-electron chi connectivity index (χ1n) is 18.6. The molecule has 0 aliphatic carbocycles.